The lowest BCUT2D eigenvalue weighted by Gasteiger charge is -2.16. The van der Waals surface area contributed by atoms with E-state index in [1.165, 1.54) is 6.42 Å². The molecule has 0 radical (unpaired) electrons. The van der Waals surface area contributed by atoms with E-state index in [1.54, 1.807) is 6.26 Å². The van der Waals surface area contributed by atoms with Gasteiger partial charge in [0.2, 0.25) is 0 Å². The molecule has 2 atom stereocenters. The molecule has 1 heterocycles. The summed E-state index contributed by atoms with van der Waals surface area (Å²) in [6.07, 6.45) is 4.09. The third kappa shape index (κ3) is 1.85. The molecule has 14 heavy (non-hydrogen) atoms. The molecule has 2 nitrogen and oxygen atoms in total. The minimum Gasteiger partial charge on any atom is -0.469 e. The average molecular weight is 193 g/mol. The van der Waals surface area contributed by atoms with Crippen molar-refractivity contribution in [1.82, 2.24) is 5.32 Å². The van der Waals surface area contributed by atoms with Gasteiger partial charge in [0.05, 0.1) is 6.26 Å². The zero-order valence-electron chi connectivity index (χ0n) is 9.21. The summed E-state index contributed by atoms with van der Waals surface area (Å²) in [7, 11) is 2.04. The normalized spacial score (nSPS) is 26.1. The van der Waals surface area contributed by atoms with Crippen molar-refractivity contribution in [2.24, 2.45) is 11.3 Å². The number of nitrogens with one attached hydrogen (secondary N) is 1. The quantitative estimate of drug-likeness (QED) is 0.794. The first kappa shape index (κ1) is 9.78. The van der Waals surface area contributed by atoms with Gasteiger partial charge in [-0.2, -0.15) is 0 Å². The zero-order valence-corrected chi connectivity index (χ0v) is 9.21. The van der Waals surface area contributed by atoms with Crippen LogP contribution in [0.5, 0.6) is 0 Å². The Hall–Kier alpha value is -0.760. The van der Waals surface area contributed by atoms with E-state index in [-0.39, 0.29) is 0 Å². The second-order valence-corrected chi connectivity index (χ2v) is 4.98. The first-order valence-corrected chi connectivity index (χ1v) is 5.33. The van der Waals surface area contributed by atoms with Crippen molar-refractivity contribution >= 4 is 0 Å². The van der Waals surface area contributed by atoms with Crippen molar-refractivity contribution in [2.45, 2.75) is 32.7 Å². The molecule has 2 unspecified atom stereocenters. The number of hydrogen-bond donors (Lipinski definition) is 1. The van der Waals surface area contributed by atoms with E-state index in [9.17, 15) is 0 Å². The fourth-order valence-corrected chi connectivity index (χ4v) is 2.29. The van der Waals surface area contributed by atoms with Gasteiger partial charge in [-0.3, -0.25) is 0 Å². The highest BCUT2D eigenvalue weighted by atomic mass is 16.3. The van der Waals surface area contributed by atoms with E-state index in [0.717, 1.165) is 18.1 Å². The van der Waals surface area contributed by atoms with Crippen LogP contribution in [0.4, 0.5) is 0 Å². The Balaban J connectivity index is 1.95. The summed E-state index contributed by atoms with van der Waals surface area (Å²) in [5.74, 6) is 1.89. The van der Waals surface area contributed by atoms with Crippen molar-refractivity contribution in [3.8, 4) is 0 Å². The average Bonchev–Trinajstić information content (AvgIpc) is 2.62. The lowest BCUT2D eigenvalue weighted by Crippen LogP contribution is -2.31. The lowest BCUT2D eigenvalue weighted by atomic mass is 10.0. The van der Waals surface area contributed by atoms with E-state index in [0.29, 0.717) is 11.5 Å². The smallest absolute Gasteiger partial charge is 0.105 e. The molecular weight excluding hydrogens is 174 g/mol. The molecule has 1 aliphatic carbocycles. The summed E-state index contributed by atoms with van der Waals surface area (Å²) in [4.78, 5) is 0. The van der Waals surface area contributed by atoms with Gasteiger partial charge in [0, 0.05) is 12.5 Å². The van der Waals surface area contributed by atoms with Gasteiger partial charge in [-0.25, -0.2) is 0 Å². The molecule has 0 saturated heterocycles. The molecule has 1 N–H and O–H groups in total. The third-order valence-corrected chi connectivity index (χ3v) is 3.45. The predicted octanol–water partition coefficient (Wildman–Crippen LogP) is 2.46. The molecule has 1 aromatic heterocycles. The summed E-state index contributed by atoms with van der Waals surface area (Å²) in [6.45, 7) is 4.67. The fraction of sp³-hybridized carbons (Fsp3) is 0.667. The molecule has 0 aromatic carbocycles. The SMILES string of the molecule is CNC(Cc1ccco1)C1CC1(C)C. The maximum absolute atomic E-state index is 5.37. The Morgan fingerprint density at radius 2 is 2.36 bits per heavy atom. The zero-order chi connectivity index (χ0) is 10.2. The van der Waals surface area contributed by atoms with E-state index >= 15 is 0 Å². The van der Waals surface area contributed by atoms with Gasteiger partial charge in [-0.05, 0) is 36.9 Å². The summed E-state index contributed by atoms with van der Waals surface area (Å²) in [6, 6.07) is 4.58. The van der Waals surface area contributed by atoms with Crippen LogP contribution in [-0.4, -0.2) is 13.1 Å². The van der Waals surface area contributed by atoms with Crippen LogP contribution in [0.25, 0.3) is 0 Å². The largest absolute Gasteiger partial charge is 0.469 e. The van der Waals surface area contributed by atoms with Crippen LogP contribution in [0.1, 0.15) is 26.0 Å². The summed E-state index contributed by atoms with van der Waals surface area (Å²) >= 11 is 0. The molecule has 1 fully saturated rings. The second-order valence-electron chi connectivity index (χ2n) is 4.98. The van der Waals surface area contributed by atoms with E-state index in [2.05, 4.69) is 25.2 Å². The standard InChI is InChI=1S/C12H19NO/c1-12(2)8-10(12)11(13-3)7-9-5-4-6-14-9/h4-6,10-11,13H,7-8H2,1-3H3. The van der Waals surface area contributed by atoms with Gasteiger partial charge >= 0.3 is 0 Å². The maximum Gasteiger partial charge on any atom is 0.105 e. The van der Waals surface area contributed by atoms with Crippen LogP contribution in [0.3, 0.4) is 0 Å². The van der Waals surface area contributed by atoms with Crippen molar-refractivity contribution in [3.05, 3.63) is 24.2 Å². The van der Waals surface area contributed by atoms with Gasteiger partial charge in [0.15, 0.2) is 0 Å². The van der Waals surface area contributed by atoms with E-state index < -0.39 is 0 Å². The number of hydrogen-bond acceptors (Lipinski definition) is 2. The van der Waals surface area contributed by atoms with Crippen LogP contribution in [0.2, 0.25) is 0 Å². The van der Waals surface area contributed by atoms with Crippen molar-refractivity contribution < 1.29 is 4.42 Å². The third-order valence-electron chi connectivity index (χ3n) is 3.45. The number of likely N-dealkylation sites (N-methyl/N-ethyl adjacent to an activating group) is 1. The molecule has 78 valence electrons. The van der Waals surface area contributed by atoms with E-state index in [4.69, 9.17) is 4.42 Å². The van der Waals surface area contributed by atoms with Crippen LogP contribution in [0, 0.1) is 11.3 Å². The first-order chi connectivity index (χ1) is 6.63. The van der Waals surface area contributed by atoms with Crippen molar-refractivity contribution in [1.29, 1.82) is 0 Å². The summed E-state index contributed by atoms with van der Waals surface area (Å²) in [5.41, 5.74) is 0.528. The summed E-state index contributed by atoms with van der Waals surface area (Å²) < 4.78 is 5.37. The molecule has 2 rings (SSSR count). The van der Waals surface area contributed by atoms with Gasteiger partial charge in [0.25, 0.3) is 0 Å². The molecule has 1 aromatic rings. The highest BCUT2D eigenvalue weighted by Gasteiger charge is 2.49. The van der Waals surface area contributed by atoms with Crippen LogP contribution in [0.15, 0.2) is 22.8 Å². The fourth-order valence-electron chi connectivity index (χ4n) is 2.29. The molecular formula is C12H19NO. The highest BCUT2D eigenvalue weighted by Crippen LogP contribution is 2.53. The Labute approximate surface area is 85.7 Å². The Kier molecular flexibility index (Phi) is 2.40. The van der Waals surface area contributed by atoms with Crippen molar-refractivity contribution in [3.63, 3.8) is 0 Å². The van der Waals surface area contributed by atoms with E-state index in [1.807, 2.05) is 13.1 Å². The Morgan fingerprint density at radius 1 is 1.64 bits per heavy atom. The van der Waals surface area contributed by atoms with Crippen LogP contribution >= 0.6 is 0 Å². The highest BCUT2D eigenvalue weighted by molar-refractivity contribution is 5.07. The molecule has 0 spiro atoms. The van der Waals surface area contributed by atoms with Crippen LogP contribution in [-0.2, 0) is 6.42 Å². The molecule has 1 aliphatic rings. The predicted molar refractivity (Wildman–Crippen MR) is 57.1 cm³/mol. The molecule has 0 amide bonds. The summed E-state index contributed by atoms with van der Waals surface area (Å²) in [5, 5.41) is 3.40. The Morgan fingerprint density at radius 3 is 2.79 bits per heavy atom. The molecule has 0 aliphatic heterocycles. The minimum absolute atomic E-state index is 0.528. The van der Waals surface area contributed by atoms with Gasteiger partial charge < -0.3 is 9.73 Å². The van der Waals surface area contributed by atoms with Gasteiger partial charge in [0.1, 0.15) is 5.76 Å². The van der Waals surface area contributed by atoms with Gasteiger partial charge in [-0.15, -0.1) is 0 Å². The molecule has 0 bridgehead atoms. The number of furan rings is 1. The maximum atomic E-state index is 5.37. The minimum atomic E-state index is 0.528. The molecule has 2 heteroatoms. The van der Waals surface area contributed by atoms with Crippen molar-refractivity contribution in [2.75, 3.05) is 7.05 Å². The van der Waals surface area contributed by atoms with Crippen LogP contribution < -0.4 is 5.32 Å². The van der Waals surface area contributed by atoms with Gasteiger partial charge in [-0.1, -0.05) is 13.8 Å². The number of rotatable bonds is 4. The topological polar surface area (TPSA) is 25.2 Å². The monoisotopic (exact) mass is 193 g/mol. The first-order valence-electron chi connectivity index (χ1n) is 5.33. The molecule has 1 saturated carbocycles. The Bertz CT molecular complexity index is 289. The second kappa shape index (κ2) is 3.43. The lowest BCUT2D eigenvalue weighted by molar-refractivity contribution is 0.392.